The molecule has 6 nitrogen and oxygen atoms in total. The van der Waals surface area contributed by atoms with Gasteiger partial charge in [-0.1, -0.05) is 23.4 Å². The van der Waals surface area contributed by atoms with E-state index in [2.05, 4.69) is 5.16 Å². The van der Waals surface area contributed by atoms with E-state index in [-0.39, 0.29) is 17.7 Å². The summed E-state index contributed by atoms with van der Waals surface area (Å²) in [6.07, 6.45) is 0.628. The zero-order chi connectivity index (χ0) is 14.7. The average molecular weight is 277 g/mol. The summed E-state index contributed by atoms with van der Waals surface area (Å²) >= 11 is 0. The smallest absolute Gasteiger partial charge is 0.230 e. The van der Waals surface area contributed by atoms with Gasteiger partial charge in [0.1, 0.15) is 5.75 Å². The van der Waals surface area contributed by atoms with Crippen LogP contribution in [0.5, 0.6) is 5.75 Å². The minimum absolute atomic E-state index is 0.0150. The summed E-state index contributed by atoms with van der Waals surface area (Å²) in [6.45, 7) is 2.23. The number of carbonyl (C=O) groups excluding carboxylic acids is 1. The minimum Gasteiger partial charge on any atom is -0.493 e. The zero-order valence-electron chi connectivity index (χ0n) is 11.6. The van der Waals surface area contributed by atoms with Crippen molar-refractivity contribution in [2.24, 2.45) is 10.9 Å². The van der Waals surface area contributed by atoms with Crippen molar-refractivity contribution in [3.05, 3.63) is 29.8 Å². The van der Waals surface area contributed by atoms with E-state index >= 15 is 0 Å². The second kappa shape index (κ2) is 5.81. The van der Waals surface area contributed by atoms with Gasteiger partial charge in [0.15, 0.2) is 5.84 Å². The number of amides is 1. The first kappa shape index (κ1) is 14.2. The fraction of sp³-hybridized carbons (Fsp3) is 0.429. The number of benzene rings is 1. The maximum atomic E-state index is 12.6. The Balaban J connectivity index is 2.22. The third-order valence-corrected chi connectivity index (χ3v) is 3.73. The average Bonchev–Trinajstić information content (AvgIpc) is 2.51. The van der Waals surface area contributed by atoms with Crippen molar-refractivity contribution in [2.75, 3.05) is 13.7 Å². The molecule has 20 heavy (non-hydrogen) atoms. The van der Waals surface area contributed by atoms with Gasteiger partial charge in [-0.3, -0.25) is 4.79 Å². The molecule has 0 radical (unpaired) electrons. The largest absolute Gasteiger partial charge is 0.493 e. The third-order valence-electron chi connectivity index (χ3n) is 3.73. The lowest BCUT2D eigenvalue weighted by Gasteiger charge is -2.31. The number of ether oxygens (including phenoxy) is 1. The predicted molar refractivity (Wildman–Crippen MR) is 74.9 cm³/mol. The van der Waals surface area contributed by atoms with Crippen LogP contribution >= 0.6 is 0 Å². The molecule has 3 N–H and O–H groups in total. The molecule has 1 aliphatic heterocycles. The van der Waals surface area contributed by atoms with Gasteiger partial charge in [-0.2, -0.15) is 0 Å². The monoisotopic (exact) mass is 277 g/mol. The highest BCUT2D eigenvalue weighted by atomic mass is 16.5. The number of rotatable bonds is 3. The van der Waals surface area contributed by atoms with Crippen molar-refractivity contribution in [2.45, 2.75) is 25.3 Å². The lowest BCUT2D eigenvalue weighted by atomic mass is 9.91. The Bertz CT molecular complexity index is 530. The molecule has 1 aromatic rings. The molecule has 0 aromatic heterocycles. The van der Waals surface area contributed by atoms with Crippen LogP contribution in [0.4, 0.5) is 0 Å². The first-order chi connectivity index (χ1) is 9.56. The van der Waals surface area contributed by atoms with Crippen LogP contribution in [0.2, 0.25) is 0 Å². The van der Waals surface area contributed by atoms with E-state index in [1.165, 1.54) is 4.90 Å². The number of nitrogens with zero attached hydrogens (tertiary/aromatic N) is 2. The van der Waals surface area contributed by atoms with Crippen LogP contribution < -0.4 is 10.5 Å². The van der Waals surface area contributed by atoms with Crippen LogP contribution in [0, 0.1) is 0 Å². The zero-order valence-corrected chi connectivity index (χ0v) is 11.6. The fourth-order valence-electron chi connectivity index (χ4n) is 2.32. The molecule has 6 heteroatoms. The molecule has 1 heterocycles. The fourth-order valence-corrected chi connectivity index (χ4v) is 2.32. The van der Waals surface area contributed by atoms with Crippen LogP contribution in [0.15, 0.2) is 29.4 Å². The molecule has 0 bridgehead atoms. The first-order valence-corrected chi connectivity index (χ1v) is 6.52. The summed E-state index contributed by atoms with van der Waals surface area (Å²) in [7, 11) is 1.66. The topological polar surface area (TPSA) is 88.2 Å². The van der Waals surface area contributed by atoms with Crippen molar-refractivity contribution in [1.82, 2.24) is 4.90 Å². The van der Waals surface area contributed by atoms with E-state index in [1.54, 1.807) is 14.0 Å². The summed E-state index contributed by atoms with van der Waals surface area (Å²) in [5, 5.41) is 11.7. The van der Waals surface area contributed by atoms with E-state index in [0.29, 0.717) is 13.0 Å². The standard InChI is InChI=1S/C14H19N3O3/c1-9(13(15)16-19)17(2)14(18)11-7-8-20-12-6-4-3-5-10(11)12/h3-6,9,11,19H,7-8H2,1-2H3,(H2,15,16). The molecule has 1 amide bonds. The highest BCUT2D eigenvalue weighted by Crippen LogP contribution is 2.34. The van der Waals surface area contributed by atoms with Gasteiger partial charge in [-0.25, -0.2) is 0 Å². The number of oxime groups is 1. The number of para-hydroxylation sites is 1. The van der Waals surface area contributed by atoms with Gasteiger partial charge in [0.25, 0.3) is 0 Å². The Morgan fingerprint density at radius 2 is 2.25 bits per heavy atom. The van der Waals surface area contributed by atoms with E-state index in [0.717, 1.165) is 11.3 Å². The van der Waals surface area contributed by atoms with E-state index in [9.17, 15) is 4.79 Å². The number of carbonyl (C=O) groups is 1. The molecule has 0 saturated heterocycles. The molecule has 0 saturated carbocycles. The summed E-state index contributed by atoms with van der Waals surface area (Å²) in [4.78, 5) is 14.1. The van der Waals surface area contributed by atoms with Crippen LogP contribution in [0.25, 0.3) is 0 Å². The quantitative estimate of drug-likeness (QED) is 0.375. The molecule has 1 aliphatic rings. The third kappa shape index (κ3) is 2.54. The number of hydrogen-bond acceptors (Lipinski definition) is 4. The predicted octanol–water partition coefficient (Wildman–Crippen LogP) is 1.15. The van der Waals surface area contributed by atoms with Crippen LogP contribution in [-0.4, -0.2) is 41.5 Å². The van der Waals surface area contributed by atoms with Crippen molar-refractivity contribution in [3.8, 4) is 5.75 Å². The highest BCUT2D eigenvalue weighted by Gasteiger charge is 2.32. The molecular formula is C14H19N3O3. The molecule has 2 rings (SSSR count). The van der Waals surface area contributed by atoms with Crippen molar-refractivity contribution in [1.29, 1.82) is 0 Å². The van der Waals surface area contributed by atoms with Gasteiger partial charge in [-0.15, -0.1) is 0 Å². The van der Waals surface area contributed by atoms with Gasteiger partial charge in [0.2, 0.25) is 5.91 Å². The lowest BCUT2D eigenvalue weighted by molar-refractivity contribution is -0.132. The maximum absolute atomic E-state index is 12.6. The summed E-state index contributed by atoms with van der Waals surface area (Å²) in [6, 6.07) is 7.08. The van der Waals surface area contributed by atoms with Crippen LogP contribution in [0.1, 0.15) is 24.8 Å². The van der Waals surface area contributed by atoms with E-state index in [4.69, 9.17) is 15.7 Å². The molecule has 0 spiro atoms. The lowest BCUT2D eigenvalue weighted by Crippen LogP contribution is -2.46. The van der Waals surface area contributed by atoms with E-state index < -0.39 is 6.04 Å². The number of likely N-dealkylation sites (N-methyl/N-ethyl adjacent to an activating group) is 1. The Morgan fingerprint density at radius 1 is 1.55 bits per heavy atom. The second-order valence-electron chi connectivity index (χ2n) is 4.88. The van der Waals surface area contributed by atoms with Crippen molar-refractivity contribution < 1.29 is 14.7 Å². The van der Waals surface area contributed by atoms with Gasteiger partial charge in [0, 0.05) is 12.6 Å². The normalized spacial score (nSPS) is 19.7. The highest BCUT2D eigenvalue weighted by molar-refractivity contribution is 5.92. The molecule has 2 unspecified atom stereocenters. The Hall–Kier alpha value is -2.24. The van der Waals surface area contributed by atoms with Crippen LogP contribution in [0.3, 0.4) is 0 Å². The summed E-state index contributed by atoms with van der Waals surface area (Å²) < 4.78 is 5.55. The van der Waals surface area contributed by atoms with Gasteiger partial charge in [0.05, 0.1) is 18.6 Å². The number of hydrogen-bond donors (Lipinski definition) is 2. The SMILES string of the molecule is CC(C(N)=NO)N(C)C(=O)C1CCOc2ccccc21. The number of nitrogens with two attached hydrogens (primary N) is 1. The van der Waals surface area contributed by atoms with Gasteiger partial charge >= 0.3 is 0 Å². The van der Waals surface area contributed by atoms with Gasteiger partial charge < -0.3 is 20.6 Å². The molecule has 0 aliphatic carbocycles. The van der Waals surface area contributed by atoms with Crippen molar-refractivity contribution in [3.63, 3.8) is 0 Å². The molecule has 1 aromatic carbocycles. The first-order valence-electron chi connectivity index (χ1n) is 6.52. The van der Waals surface area contributed by atoms with Crippen molar-refractivity contribution >= 4 is 11.7 Å². The summed E-state index contributed by atoms with van der Waals surface area (Å²) in [5.74, 6) is 0.460. The molecular weight excluding hydrogens is 258 g/mol. The molecule has 2 atom stereocenters. The number of amidine groups is 1. The van der Waals surface area contributed by atoms with Gasteiger partial charge in [-0.05, 0) is 19.4 Å². The number of fused-ring (bicyclic) bond motifs is 1. The van der Waals surface area contributed by atoms with E-state index in [1.807, 2.05) is 24.3 Å². The minimum atomic E-state index is -0.456. The molecule has 108 valence electrons. The Kier molecular flexibility index (Phi) is 4.12. The summed E-state index contributed by atoms with van der Waals surface area (Å²) in [5.41, 5.74) is 6.45. The molecule has 0 fully saturated rings. The second-order valence-corrected chi connectivity index (χ2v) is 4.88. The maximum Gasteiger partial charge on any atom is 0.230 e. The van der Waals surface area contributed by atoms with Crippen LogP contribution in [-0.2, 0) is 4.79 Å². The Morgan fingerprint density at radius 3 is 2.95 bits per heavy atom. The Labute approximate surface area is 117 Å².